The van der Waals surface area contributed by atoms with E-state index in [1.54, 1.807) is 12.1 Å². The highest BCUT2D eigenvalue weighted by atomic mass is 16.6. The molecule has 6 heteroatoms. The Morgan fingerprint density at radius 3 is 2.76 bits per heavy atom. The molecule has 1 amide bonds. The molecular weight excluding hydrogens is 322 g/mol. The van der Waals surface area contributed by atoms with E-state index >= 15 is 0 Å². The monoisotopic (exact) mass is 347 g/mol. The zero-order valence-electron chi connectivity index (χ0n) is 15.1. The van der Waals surface area contributed by atoms with Crippen LogP contribution < -0.4 is 10.1 Å². The van der Waals surface area contributed by atoms with E-state index in [1.807, 2.05) is 26.8 Å². The lowest BCUT2D eigenvalue weighted by Gasteiger charge is -2.27. The highest BCUT2D eigenvalue weighted by Crippen LogP contribution is 2.31. The summed E-state index contributed by atoms with van der Waals surface area (Å²) in [4.78, 5) is 23.6. The van der Waals surface area contributed by atoms with Crippen LogP contribution in [0.3, 0.4) is 0 Å². The molecule has 2 aliphatic rings. The zero-order chi connectivity index (χ0) is 18.2. The Hall–Kier alpha value is -2.24. The van der Waals surface area contributed by atoms with Crippen LogP contribution in [-0.4, -0.2) is 29.8 Å². The number of hydrogen-bond donors (Lipinski definition) is 1. The standard InChI is InChI=1S/C19H25NO5/c1-11-5-8-15(16(11)20-18(22)25-19(2,3)4)24-13-6-7-14-12(9-13)10-23-17(14)21/h6-7,9,11,15-16H,5,8,10H2,1-4H3,(H,20,22)/t11-,15+,16+/m0/s1. The molecule has 6 nitrogen and oxygen atoms in total. The molecule has 1 heterocycles. The molecule has 136 valence electrons. The van der Waals surface area contributed by atoms with E-state index in [1.165, 1.54) is 0 Å². The largest absolute Gasteiger partial charge is 0.488 e. The van der Waals surface area contributed by atoms with Gasteiger partial charge in [0.25, 0.3) is 0 Å². The number of fused-ring (bicyclic) bond motifs is 1. The Kier molecular flexibility index (Phi) is 4.62. The Balaban J connectivity index is 1.67. The molecule has 0 unspecified atom stereocenters. The van der Waals surface area contributed by atoms with Gasteiger partial charge in [-0.2, -0.15) is 0 Å². The first-order chi connectivity index (χ1) is 11.7. The molecule has 0 saturated heterocycles. The fraction of sp³-hybridized carbons (Fsp3) is 0.579. The number of carbonyl (C=O) groups excluding carboxylic acids is 2. The number of alkyl carbamates (subject to hydrolysis) is 1. The fourth-order valence-electron chi connectivity index (χ4n) is 3.32. The summed E-state index contributed by atoms with van der Waals surface area (Å²) >= 11 is 0. The smallest absolute Gasteiger partial charge is 0.408 e. The van der Waals surface area contributed by atoms with Crippen LogP contribution in [0, 0.1) is 5.92 Å². The number of hydrogen-bond acceptors (Lipinski definition) is 5. The first-order valence-electron chi connectivity index (χ1n) is 8.69. The van der Waals surface area contributed by atoms with E-state index in [0.717, 1.165) is 18.4 Å². The van der Waals surface area contributed by atoms with E-state index in [0.29, 0.717) is 17.2 Å². The van der Waals surface area contributed by atoms with Gasteiger partial charge in [0.2, 0.25) is 0 Å². The predicted molar refractivity (Wildman–Crippen MR) is 91.5 cm³/mol. The average molecular weight is 347 g/mol. The zero-order valence-corrected chi connectivity index (χ0v) is 15.1. The molecule has 1 fully saturated rings. The van der Waals surface area contributed by atoms with E-state index in [9.17, 15) is 9.59 Å². The SMILES string of the molecule is C[C@H]1CC[C@@H](Oc2ccc3c(c2)COC3=O)[C@@H]1NC(=O)OC(C)(C)C. The van der Waals surface area contributed by atoms with Crippen molar-refractivity contribution in [2.45, 2.75) is 64.9 Å². The molecule has 1 aromatic carbocycles. The lowest BCUT2D eigenvalue weighted by atomic mass is 10.1. The summed E-state index contributed by atoms with van der Waals surface area (Å²) in [5.41, 5.74) is 0.898. The summed E-state index contributed by atoms with van der Waals surface area (Å²) in [7, 11) is 0. The van der Waals surface area contributed by atoms with Gasteiger partial charge in [0, 0.05) is 5.56 Å². The lowest BCUT2D eigenvalue weighted by molar-refractivity contribution is 0.0445. The molecule has 0 bridgehead atoms. The molecule has 1 aromatic rings. The highest BCUT2D eigenvalue weighted by molar-refractivity contribution is 5.93. The minimum atomic E-state index is -0.533. The summed E-state index contributed by atoms with van der Waals surface area (Å²) in [5, 5.41) is 2.95. The number of ether oxygens (including phenoxy) is 3. The molecule has 0 radical (unpaired) electrons. The first kappa shape index (κ1) is 17.6. The van der Waals surface area contributed by atoms with E-state index < -0.39 is 11.7 Å². The first-order valence-corrected chi connectivity index (χ1v) is 8.69. The van der Waals surface area contributed by atoms with Gasteiger partial charge in [-0.3, -0.25) is 0 Å². The number of cyclic esters (lactones) is 1. The predicted octanol–water partition coefficient (Wildman–Crippen LogP) is 3.43. The third-order valence-corrected chi connectivity index (χ3v) is 4.55. The maximum absolute atomic E-state index is 12.1. The van der Waals surface area contributed by atoms with Crippen molar-refractivity contribution in [3.8, 4) is 5.75 Å². The Morgan fingerprint density at radius 2 is 2.04 bits per heavy atom. The van der Waals surface area contributed by atoms with Gasteiger partial charge in [-0.05, 0) is 57.7 Å². The average Bonchev–Trinajstić information content (AvgIpc) is 3.03. The summed E-state index contributed by atoms with van der Waals surface area (Å²) in [5.74, 6) is 0.699. The van der Waals surface area contributed by atoms with Crippen molar-refractivity contribution < 1.29 is 23.8 Å². The normalized spacial score (nSPS) is 25.3. The van der Waals surface area contributed by atoms with Gasteiger partial charge >= 0.3 is 12.1 Å². The second kappa shape index (κ2) is 6.58. The number of esters is 1. The maximum atomic E-state index is 12.1. The second-order valence-corrected chi connectivity index (χ2v) is 7.78. The molecule has 1 aliphatic carbocycles. The van der Waals surface area contributed by atoms with Crippen LogP contribution in [0.4, 0.5) is 4.79 Å². The summed E-state index contributed by atoms with van der Waals surface area (Å²) < 4.78 is 16.5. The molecule has 1 saturated carbocycles. The van der Waals surface area contributed by atoms with Gasteiger partial charge < -0.3 is 19.5 Å². The van der Waals surface area contributed by atoms with Crippen molar-refractivity contribution >= 4 is 12.1 Å². The molecule has 3 rings (SSSR count). The van der Waals surface area contributed by atoms with Crippen molar-refractivity contribution in [3.05, 3.63) is 29.3 Å². The van der Waals surface area contributed by atoms with E-state index in [4.69, 9.17) is 14.2 Å². The molecule has 25 heavy (non-hydrogen) atoms. The van der Waals surface area contributed by atoms with Crippen molar-refractivity contribution in [2.75, 3.05) is 0 Å². The van der Waals surface area contributed by atoms with Gasteiger partial charge in [0.05, 0.1) is 11.6 Å². The van der Waals surface area contributed by atoms with E-state index in [-0.39, 0.29) is 24.7 Å². The summed E-state index contributed by atoms with van der Waals surface area (Å²) in [6.07, 6.45) is 1.28. The molecule has 0 spiro atoms. The van der Waals surface area contributed by atoms with Gasteiger partial charge in [-0.25, -0.2) is 9.59 Å². The van der Waals surface area contributed by atoms with Crippen LogP contribution in [0.2, 0.25) is 0 Å². The quantitative estimate of drug-likeness (QED) is 0.848. The Bertz CT molecular complexity index is 679. The molecule has 0 aromatic heterocycles. The summed E-state index contributed by atoms with van der Waals surface area (Å²) in [6.45, 7) is 7.90. The minimum Gasteiger partial charge on any atom is -0.488 e. The number of nitrogens with one attached hydrogen (secondary N) is 1. The molecule has 1 N–H and O–H groups in total. The number of carbonyl (C=O) groups is 2. The van der Waals surface area contributed by atoms with Crippen LogP contribution in [0.15, 0.2) is 18.2 Å². The molecular formula is C19H25NO5. The van der Waals surface area contributed by atoms with Crippen molar-refractivity contribution in [2.24, 2.45) is 5.92 Å². The maximum Gasteiger partial charge on any atom is 0.408 e. The molecule has 1 aliphatic heterocycles. The van der Waals surface area contributed by atoms with Gasteiger partial charge in [-0.1, -0.05) is 6.92 Å². The Labute approximate surface area is 147 Å². The van der Waals surface area contributed by atoms with Gasteiger partial charge in [-0.15, -0.1) is 0 Å². The topological polar surface area (TPSA) is 73.9 Å². The third kappa shape index (κ3) is 4.06. The van der Waals surface area contributed by atoms with Crippen LogP contribution >= 0.6 is 0 Å². The number of amides is 1. The van der Waals surface area contributed by atoms with Crippen molar-refractivity contribution in [1.82, 2.24) is 5.32 Å². The van der Waals surface area contributed by atoms with Gasteiger partial charge in [0.15, 0.2) is 0 Å². The van der Waals surface area contributed by atoms with Crippen molar-refractivity contribution in [3.63, 3.8) is 0 Å². The molecule has 3 atom stereocenters. The van der Waals surface area contributed by atoms with Crippen LogP contribution in [0.1, 0.15) is 56.5 Å². The minimum absolute atomic E-state index is 0.110. The second-order valence-electron chi connectivity index (χ2n) is 7.78. The number of benzene rings is 1. The van der Waals surface area contributed by atoms with Gasteiger partial charge in [0.1, 0.15) is 24.1 Å². The van der Waals surface area contributed by atoms with Crippen LogP contribution in [-0.2, 0) is 16.1 Å². The fourth-order valence-corrected chi connectivity index (χ4v) is 3.32. The van der Waals surface area contributed by atoms with E-state index in [2.05, 4.69) is 12.2 Å². The summed E-state index contributed by atoms with van der Waals surface area (Å²) in [6, 6.07) is 5.24. The third-order valence-electron chi connectivity index (χ3n) is 4.55. The lowest BCUT2D eigenvalue weighted by Crippen LogP contribution is -2.47. The number of rotatable bonds is 3. The van der Waals surface area contributed by atoms with Crippen LogP contribution in [0.25, 0.3) is 0 Å². The van der Waals surface area contributed by atoms with Crippen molar-refractivity contribution in [1.29, 1.82) is 0 Å². The Morgan fingerprint density at radius 1 is 1.28 bits per heavy atom. The highest BCUT2D eigenvalue weighted by Gasteiger charge is 2.37. The van der Waals surface area contributed by atoms with Crippen LogP contribution in [0.5, 0.6) is 5.75 Å².